The van der Waals surface area contributed by atoms with E-state index in [0.29, 0.717) is 23.2 Å². The van der Waals surface area contributed by atoms with Gasteiger partial charge in [-0.3, -0.25) is 4.79 Å². The molecule has 3 fully saturated rings. The maximum atomic E-state index is 12.0. The van der Waals surface area contributed by atoms with Gasteiger partial charge in [0, 0.05) is 6.42 Å². The van der Waals surface area contributed by atoms with Crippen LogP contribution in [0.3, 0.4) is 0 Å². The summed E-state index contributed by atoms with van der Waals surface area (Å²) in [4.78, 5) is 12.0. The predicted octanol–water partition coefficient (Wildman–Crippen LogP) is 6.76. The third kappa shape index (κ3) is 3.19. The van der Waals surface area contributed by atoms with E-state index >= 15 is 0 Å². The first-order valence-electron chi connectivity index (χ1n) is 11.8. The fraction of sp³-hybridized carbons (Fsp3) is 0.880. The zero-order valence-corrected chi connectivity index (χ0v) is 20.3. The number of rotatable bonds is 2. The Hall–Kier alpha value is -0.413. The molecule has 0 heterocycles. The molecule has 0 aromatic heterocycles. The molecule has 0 aliphatic heterocycles. The molecule has 0 N–H and O–H groups in total. The molecule has 4 aliphatic rings. The molecular weight excluding hydrogens is 360 g/mol. The lowest BCUT2D eigenvalue weighted by Gasteiger charge is -2.56. The van der Waals surface area contributed by atoms with Gasteiger partial charge in [-0.05, 0) is 97.7 Å². The molecule has 158 valence electrons. The zero-order valence-electron chi connectivity index (χ0n) is 19.3. The van der Waals surface area contributed by atoms with E-state index in [1.54, 1.807) is 0 Å². The topological polar surface area (TPSA) is 26.3 Å². The van der Waals surface area contributed by atoms with E-state index in [9.17, 15) is 4.79 Å². The van der Waals surface area contributed by atoms with Crippen LogP contribution in [-0.4, -0.2) is 20.2 Å². The van der Waals surface area contributed by atoms with Crippen LogP contribution in [0.5, 0.6) is 0 Å². The van der Waals surface area contributed by atoms with Crippen LogP contribution in [0.25, 0.3) is 0 Å². The highest BCUT2D eigenvalue weighted by molar-refractivity contribution is 6.74. The molecule has 0 radical (unpaired) electrons. The van der Waals surface area contributed by atoms with Crippen molar-refractivity contribution in [2.24, 2.45) is 35.0 Å². The van der Waals surface area contributed by atoms with Crippen LogP contribution in [0.4, 0.5) is 0 Å². The van der Waals surface area contributed by atoms with Crippen LogP contribution < -0.4 is 0 Å². The van der Waals surface area contributed by atoms with Gasteiger partial charge >= 0.3 is 0 Å². The first-order valence-corrected chi connectivity index (χ1v) is 14.8. The Morgan fingerprint density at radius 2 is 1.86 bits per heavy atom. The molecule has 0 amide bonds. The number of carbonyl (C=O) groups is 1. The van der Waals surface area contributed by atoms with Crippen molar-refractivity contribution in [3.05, 3.63) is 11.6 Å². The van der Waals surface area contributed by atoms with E-state index in [1.165, 1.54) is 31.3 Å². The Labute approximate surface area is 174 Å². The molecule has 3 heteroatoms. The van der Waals surface area contributed by atoms with Gasteiger partial charge in [0.1, 0.15) is 0 Å². The Kier molecular flexibility index (Phi) is 5.06. The number of carbonyl (C=O) groups excluding carboxylic acids is 1. The van der Waals surface area contributed by atoms with Crippen molar-refractivity contribution in [2.75, 3.05) is 0 Å². The number of fused-ring (bicyclic) bond motifs is 5. The molecule has 0 saturated heterocycles. The largest absolute Gasteiger partial charge is 0.413 e. The Bertz CT molecular complexity index is 673. The summed E-state index contributed by atoms with van der Waals surface area (Å²) in [6, 6.07) is 0. The summed E-state index contributed by atoms with van der Waals surface area (Å²) in [5, 5.41) is 0.283. The second kappa shape index (κ2) is 6.80. The summed E-state index contributed by atoms with van der Waals surface area (Å²) in [5.74, 6) is 4.25. The first kappa shape index (κ1) is 20.8. The second-order valence-corrected chi connectivity index (χ2v) is 17.1. The third-order valence-electron chi connectivity index (χ3n) is 9.80. The van der Waals surface area contributed by atoms with E-state index < -0.39 is 8.32 Å². The number of ketones is 1. The Morgan fingerprint density at radius 1 is 1.14 bits per heavy atom. The minimum absolute atomic E-state index is 0.283. The van der Waals surface area contributed by atoms with E-state index in [1.807, 2.05) is 6.08 Å². The van der Waals surface area contributed by atoms with Gasteiger partial charge in [-0.1, -0.05) is 40.2 Å². The van der Waals surface area contributed by atoms with Gasteiger partial charge in [0.15, 0.2) is 14.1 Å². The second-order valence-electron chi connectivity index (χ2n) is 12.3. The SMILES string of the molecule is CC1CC2=CC(=O)CC[C@@H]2[C@H]2CC[C@]3(C)[C@@H](O[Si](C)(C)C(C)(C)C)CC[C@H]3[C@H]12. The van der Waals surface area contributed by atoms with Gasteiger partial charge < -0.3 is 4.43 Å². The summed E-state index contributed by atoms with van der Waals surface area (Å²) in [6.45, 7) is 17.0. The van der Waals surface area contributed by atoms with Crippen molar-refractivity contribution >= 4 is 14.1 Å². The van der Waals surface area contributed by atoms with Crippen molar-refractivity contribution in [1.82, 2.24) is 0 Å². The summed E-state index contributed by atoms with van der Waals surface area (Å²) < 4.78 is 7.05. The van der Waals surface area contributed by atoms with E-state index in [-0.39, 0.29) is 5.04 Å². The molecule has 0 spiro atoms. The standard InChI is InChI=1S/C25H42O2Si/c1-16-14-17-15-18(26)8-9-19(17)20-12-13-25(5)21(23(16)20)10-11-22(25)27-28(6,7)24(2,3)4/h15-16,19-23H,8-14H2,1-7H3/t16?,19-,20+,21-,22-,23+,25-/m0/s1. The fourth-order valence-corrected chi connectivity index (χ4v) is 8.72. The smallest absolute Gasteiger partial charge is 0.192 e. The molecule has 4 aliphatic carbocycles. The Balaban J connectivity index is 1.58. The molecule has 0 bridgehead atoms. The average molecular weight is 403 g/mol. The molecule has 28 heavy (non-hydrogen) atoms. The fourth-order valence-electron chi connectivity index (χ4n) is 7.27. The minimum atomic E-state index is -1.74. The maximum Gasteiger partial charge on any atom is 0.192 e. The van der Waals surface area contributed by atoms with Crippen molar-refractivity contribution < 1.29 is 9.22 Å². The molecule has 0 aromatic carbocycles. The lowest BCUT2D eigenvalue weighted by molar-refractivity contribution is -0.116. The summed E-state index contributed by atoms with van der Waals surface area (Å²) in [5.41, 5.74) is 1.86. The van der Waals surface area contributed by atoms with Crippen LogP contribution in [0.1, 0.15) is 79.6 Å². The van der Waals surface area contributed by atoms with Gasteiger partial charge in [0.05, 0.1) is 6.10 Å². The van der Waals surface area contributed by atoms with E-state index in [0.717, 1.165) is 42.9 Å². The lowest BCUT2D eigenvalue weighted by atomic mass is 9.49. The van der Waals surface area contributed by atoms with Crippen molar-refractivity contribution in [2.45, 2.75) is 104 Å². The Morgan fingerprint density at radius 3 is 2.54 bits per heavy atom. The monoisotopic (exact) mass is 402 g/mol. The molecule has 1 unspecified atom stereocenters. The van der Waals surface area contributed by atoms with Gasteiger partial charge in [-0.15, -0.1) is 0 Å². The maximum absolute atomic E-state index is 12.0. The van der Waals surface area contributed by atoms with Crippen LogP contribution in [0, 0.1) is 35.0 Å². The molecule has 4 rings (SSSR count). The molecule has 3 saturated carbocycles. The van der Waals surface area contributed by atoms with Crippen molar-refractivity contribution in [3.63, 3.8) is 0 Å². The lowest BCUT2D eigenvalue weighted by Crippen LogP contribution is -2.53. The van der Waals surface area contributed by atoms with Crippen LogP contribution in [-0.2, 0) is 9.22 Å². The van der Waals surface area contributed by atoms with E-state index in [4.69, 9.17) is 4.43 Å². The van der Waals surface area contributed by atoms with Gasteiger partial charge in [-0.25, -0.2) is 0 Å². The number of hydrogen-bond donors (Lipinski definition) is 0. The zero-order chi connectivity index (χ0) is 20.5. The van der Waals surface area contributed by atoms with Gasteiger partial charge in [0.2, 0.25) is 0 Å². The highest BCUT2D eigenvalue weighted by Gasteiger charge is 2.59. The normalized spacial score (nSPS) is 43.8. The van der Waals surface area contributed by atoms with Crippen LogP contribution >= 0.6 is 0 Å². The molecule has 7 atom stereocenters. The highest BCUT2D eigenvalue weighted by atomic mass is 28.4. The summed E-state index contributed by atoms with van der Waals surface area (Å²) >= 11 is 0. The van der Waals surface area contributed by atoms with Crippen molar-refractivity contribution in [3.8, 4) is 0 Å². The van der Waals surface area contributed by atoms with Gasteiger partial charge in [0.25, 0.3) is 0 Å². The van der Waals surface area contributed by atoms with Crippen molar-refractivity contribution in [1.29, 1.82) is 0 Å². The highest BCUT2D eigenvalue weighted by Crippen LogP contribution is 2.64. The minimum Gasteiger partial charge on any atom is -0.413 e. The predicted molar refractivity (Wildman–Crippen MR) is 119 cm³/mol. The van der Waals surface area contributed by atoms with Gasteiger partial charge in [-0.2, -0.15) is 0 Å². The molecule has 0 aromatic rings. The van der Waals surface area contributed by atoms with E-state index in [2.05, 4.69) is 47.7 Å². The summed E-state index contributed by atoms with van der Waals surface area (Å²) in [6.07, 6.45) is 10.8. The summed E-state index contributed by atoms with van der Waals surface area (Å²) in [7, 11) is -1.74. The number of allylic oxidation sites excluding steroid dienone is 1. The number of hydrogen-bond acceptors (Lipinski definition) is 2. The quantitative estimate of drug-likeness (QED) is 0.477. The average Bonchev–Trinajstić information content (AvgIpc) is 2.89. The molecule has 2 nitrogen and oxygen atoms in total. The first-order chi connectivity index (χ1) is 12.9. The van der Waals surface area contributed by atoms with Crippen LogP contribution in [0.15, 0.2) is 11.6 Å². The third-order valence-corrected chi connectivity index (χ3v) is 14.3. The van der Waals surface area contributed by atoms with Crippen LogP contribution in [0.2, 0.25) is 18.1 Å². The molecular formula is C25H42O2Si.